The molecular formula is C52H33NS. The van der Waals surface area contributed by atoms with E-state index < -0.39 is 0 Å². The van der Waals surface area contributed by atoms with Crippen molar-refractivity contribution in [1.82, 2.24) is 0 Å². The number of rotatable bonds is 5. The molecule has 0 aliphatic heterocycles. The number of thiophene rings is 1. The summed E-state index contributed by atoms with van der Waals surface area (Å²) in [5, 5.41) is 12.9. The van der Waals surface area contributed by atoms with E-state index in [2.05, 4.69) is 205 Å². The molecule has 0 unspecified atom stereocenters. The van der Waals surface area contributed by atoms with Gasteiger partial charge in [0.25, 0.3) is 0 Å². The Bertz CT molecular complexity index is 3190. The van der Waals surface area contributed by atoms with Crippen LogP contribution in [-0.2, 0) is 0 Å². The van der Waals surface area contributed by atoms with Crippen molar-refractivity contribution in [3.05, 3.63) is 200 Å². The average molecular weight is 704 g/mol. The summed E-state index contributed by atoms with van der Waals surface area (Å²) in [7, 11) is 0. The lowest BCUT2D eigenvalue weighted by Crippen LogP contribution is -2.09. The third kappa shape index (κ3) is 5.15. The molecule has 0 radical (unpaired) electrons. The van der Waals surface area contributed by atoms with Crippen molar-refractivity contribution in [2.24, 2.45) is 0 Å². The lowest BCUT2D eigenvalue weighted by Gasteiger charge is -2.26. The van der Waals surface area contributed by atoms with Crippen LogP contribution in [0.4, 0.5) is 17.1 Å². The largest absolute Gasteiger partial charge is 0.310 e. The third-order valence-electron chi connectivity index (χ3n) is 11.0. The lowest BCUT2D eigenvalue weighted by atomic mass is 9.94. The molecule has 0 aliphatic rings. The summed E-state index contributed by atoms with van der Waals surface area (Å²) in [5.41, 5.74) is 8.20. The van der Waals surface area contributed by atoms with Gasteiger partial charge in [0.1, 0.15) is 0 Å². The Morgan fingerprint density at radius 3 is 1.65 bits per heavy atom. The fourth-order valence-electron chi connectivity index (χ4n) is 8.29. The van der Waals surface area contributed by atoms with Crippen LogP contribution in [0.15, 0.2) is 200 Å². The van der Waals surface area contributed by atoms with Crippen LogP contribution in [0.5, 0.6) is 0 Å². The summed E-state index contributed by atoms with van der Waals surface area (Å²) in [6.07, 6.45) is 0. The zero-order chi connectivity index (χ0) is 35.6. The van der Waals surface area contributed by atoms with E-state index in [1.807, 2.05) is 11.3 Å². The number of benzene rings is 10. The van der Waals surface area contributed by atoms with Gasteiger partial charge in [-0.1, -0.05) is 140 Å². The zero-order valence-corrected chi connectivity index (χ0v) is 30.2. The number of hydrogen-bond acceptors (Lipinski definition) is 2. The Morgan fingerprint density at radius 2 is 0.852 bits per heavy atom. The Kier molecular flexibility index (Phi) is 7.11. The highest BCUT2D eigenvalue weighted by molar-refractivity contribution is 7.25. The molecule has 0 fully saturated rings. The monoisotopic (exact) mass is 703 g/mol. The van der Waals surface area contributed by atoms with Gasteiger partial charge in [-0.25, -0.2) is 0 Å². The molecule has 0 amide bonds. The van der Waals surface area contributed by atoms with Crippen molar-refractivity contribution >= 4 is 91.7 Å². The fraction of sp³-hybridized carbons (Fsp3) is 0. The van der Waals surface area contributed by atoms with Gasteiger partial charge in [-0.3, -0.25) is 0 Å². The summed E-state index contributed by atoms with van der Waals surface area (Å²) in [4.78, 5) is 2.38. The summed E-state index contributed by atoms with van der Waals surface area (Å²) in [5.74, 6) is 0. The number of fused-ring (bicyclic) bond motifs is 9. The second kappa shape index (κ2) is 12.4. The molecule has 0 spiro atoms. The normalized spacial score (nSPS) is 11.7. The van der Waals surface area contributed by atoms with E-state index in [0.717, 1.165) is 17.1 Å². The van der Waals surface area contributed by atoms with Gasteiger partial charge in [0.15, 0.2) is 0 Å². The number of anilines is 3. The lowest BCUT2D eigenvalue weighted by molar-refractivity contribution is 1.29. The number of nitrogens with zero attached hydrogens (tertiary/aromatic N) is 1. The van der Waals surface area contributed by atoms with E-state index in [9.17, 15) is 0 Å². The molecule has 10 aromatic carbocycles. The minimum Gasteiger partial charge on any atom is -0.310 e. The van der Waals surface area contributed by atoms with Crippen LogP contribution in [0, 0.1) is 0 Å². The molecule has 0 aliphatic carbocycles. The van der Waals surface area contributed by atoms with Crippen molar-refractivity contribution < 1.29 is 0 Å². The molecule has 252 valence electrons. The average Bonchev–Trinajstić information content (AvgIpc) is 3.60. The topological polar surface area (TPSA) is 3.24 Å². The molecule has 0 bridgehead atoms. The minimum atomic E-state index is 1.12. The molecule has 1 heterocycles. The Labute approximate surface area is 317 Å². The van der Waals surface area contributed by atoms with E-state index in [1.165, 1.54) is 85.5 Å². The maximum absolute atomic E-state index is 2.38. The van der Waals surface area contributed by atoms with Crippen molar-refractivity contribution in [2.45, 2.75) is 0 Å². The van der Waals surface area contributed by atoms with Crippen LogP contribution in [0.2, 0.25) is 0 Å². The Hall–Kier alpha value is -6.74. The molecule has 0 saturated carbocycles. The molecule has 0 saturated heterocycles. The van der Waals surface area contributed by atoms with Crippen molar-refractivity contribution in [3.63, 3.8) is 0 Å². The van der Waals surface area contributed by atoms with Gasteiger partial charge in [-0.15, -0.1) is 11.3 Å². The fourth-order valence-corrected chi connectivity index (χ4v) is 9.43. The Balaban J connectivity index is 1.01. The molecular weight excluding hydrogens is 671 g/mol. The summed E-state index contributed by atoms with van der Waals surface area (Å²) in [6, 6.07) is 73.5. The first-order valence-corrected chi connectivity index (χ1v) is 19.3. The molecule has 11 aromatic rings. The molecule has 2 heteroatoms. The first-order chi connectivity index (χ1) is 26.7. The maximum atomic E-state index is 2.38. The van der Waals surface area contributed by atoms with E-state index in [-0.39, 0.29) is 0 Å². The van der Waals surface area contributed by atoms with E-state index in [0.29, 0.717) is 0 Å². The highest BCUT2D eigenvalue weighted by Crippen LogP contribution is 2.41. The molecule has 11 rings (SSSR count). The van der Waals surface area contributed by atoms with Gasteiger partial charge in [-0.05, 0) is 126 Å². The first-order valence-electron chi connectivity index (χ1n) is 18.5. The van der Waals surface area contributed by atoms with Gasteiger partial charge in [0, 0.05) is 37.2 Å². The van der Waals surface area contributed by atoms with Crippen molar-refractivity contribution in [2.75, 3.05) is 4.90 Å². The molecule has 1 nitrogen and oxygen atoms in total. The van der Waals surface area contributed by atoms with Crippen molar-refractivity contribution in [3.8, 4) is 22.3 Å². The molecule has 54 heavy (non-hydrogen) atoms. The first kappa shape index (κ1) is 30.8. The predicted octanol–water partition coefficient (Wildman–Crippen LogP) is 15.5. The maximum Gasteiger partial charge on any atom is 0.0468 e. The highest BCUT2D eigenvalue weighted by atomic mass is 32.1. The van der Waals surface area contributed by atoms with Gasteiger partial charge < -0.3 is 4.90 Å². The molecule has 1 aromatic heterocycles. The summed E-state index contributed by atoms with van der Waals surface area (Å²) < 4.78 is 2.66. The highest BCUT2D eigenvalue weighted by Gasteiger charge is 2.16. The van der Waals surface area contributed by atoms with Crippen LogP contribution < -0.4 is 4.90 Å². The third-order valence-corrected chi connectivity index (χ3v) is 12.1. The van der Waals surface area contributed by atoms with Gasteiger partial charge in [-0.2, -0.15) is 0 Å². The second-order valence-electron chi connectivity index (χ2n) is 14.2. The zero-order valence-electron chi connectivity index (χ0n) is 29.4. The number of hydrogen-bond donors (Lipinski definition) is 0. The summed E-state index contributed by atoms with van der Waals surface area (Å²) >= 11 is 1.87. The van der Waals surface area contributed by atoms with Gasteiger partial charge in [0.2, 0.25) is 0 Å². The van der Waals surface area contributed by atoms with Crippen LogP contribution >= 0.6 is 11.3 Å². The predicted molar refractivity (Wildman–Crippen MR) is 235 cm³/mol. The summed E-state index contributed by atoms with van der Waals surface area (Å²) in [6.45, 7) is 0. The second-order valence-corrected chi connectivity index (χ2v) is 15.2. The van der Waals surface area contributed by atoms with Gasteiger partial charge in [0.05, 0.1) is 0 Å². The van der Waals surface area contributed by atoms with Crippen molar-refractivity contribution in [1.29, 1.82) is 0 Å². The minimum absolute atomic E-state index is 1.12. The van der Waals surface area contributed by atoms with E-state index >= 15 is 0 Å². The van der Waals surface area contributed by atoms with Gasteiger partial charge >= 0.3 is 0 Å². The SMILES string of the molecule is c1ccc(-c2ccc(N(c3ccc(-c4ccc5c(ccc6ccc7ccccc7c65)c4)cc3)c3ccc4cc5sc6ccccc6c5cc4c3)cc2)cc1. The quantitative estimate of drug-likeness (QED) is 0.161. The molecule has 0 N–H and O–H groups in total. The van der Waals surface area contributed by atoms with Crippen LogP contribution in [0.1, 0.15) is 0 Å². The van der Waals surface area contributed by atoms with Crippen LogP contribution in [-0.4, -0.2) is 0 Å². The van der Waals surface area contributed by atoms with E-state index in [4.69, 9.17) is 0 Å². The standard InChI is InChI=1S/C52H33NS/c1-2-8-34(9-3-1)35-18-24-43(25-19-35)53(45-28-22-40-33-51-49(32-42(40)31-45)48-12-6-7-13-50(48)54-51)44-26-20-36(21-27-44)39-23-29-47-41(30-39)17-16-38-15-14-37-10-4-5-11-46(37)52(38)47/h1-33H. The molecule has 0 atom stereocenters. The van der Waals surface area contributed by atoms with Crippen LogP contribution in [0.3, 0.4) is 0 Å². The smallest absolute Gasteiger partial charge is 0.0468 e. The van der Waals surface area contributed by atoms with E-state index in [1.54, 1.807) is 0 Å². The van der Waals surface area contributed by atoms with Crippen LogP contribution in [0.25, 0.3) is 85.5 Å². The Morgan fingerprint density at radius 1 is 0.278 bits per heavy atom.